The van der Waals surface area contributed by atoms with Gasteiger partial charge in [-0.2, -0.15) is 0 Å². The van der Waals surface area contributed by atoms with Gasteiger partial charge in [-0.25, -0.2) is 0 Å². The zero-order valence-electron chi connectivity index (χ0n) is 10.1. The minimum atomic E-state index is 0.488. The van der Waals surface area contributed by atoms with Crippen LogP contribution in [-0.2, 0) is 0 Å². The Bertz CT molecular complexity index is 298. The van der Waals surface area contributed by atoms with Crippen molar-refractivity contribution in [1.82, 2.24) is 5.32 Å². The SMILES string of the molecule is CCNC(C)C(C)c1cccc(OC)c1. The van der Waals surface area contributed by atoms with Crippen LogP contribution in [0.25, 0.3) is 0 Å². The number of hydrogen-bond acceptors (Lipinski definition) is 2. The third kappa shape index (κ3) is 3.24. The topological polar surface area (TPSA) is 21.3 Å². The number of nitrogens with one attached hydrogen (secondary N) is 1. The first-order valence-corrected chi connectivity index (χ1v) is 5.56. The van der Waals surface area contributed by atoms with Gasteiger partial charge in [0.2, 0.25) is 0 Å². The van der Waals surface area contributed by atoms with Crippen molar-refractivity contribution in [3.05, 3.63) is 29.8 Å². The zero-order chi connectivity index (χ0) is 11.3. The van der Waals surface area contributed by atoms with Crippen molar-refractivity contribution in [2.45, 2.75) is 32.7 Å². The molecule has 2 heteroatoms. The minimum absolute atomic E-state index is 0.488. The van der Waals surface area contributed by atoms with Gasteiger partial charge in [0.1, 0.15) is 5.75 Å². The van der Waals surface area contributed by atoms with E-state index in [0.29, 0.717) is 12.0 Å². The van der Waals surface area contributed by atoms with Crippen molar-refractivity contribution >= 4 is 0 Å². The van der Waals surface area contributed by atoms with Crippen molar-refractivity contribution in [2.24, 2.45) is 0 Å². The molecule has 0 amide bonds. The van der Waals surface area contributed by atoms with Crippen molar-refractivity contribution in [1.29, 1.82) is 0 Å². The summed E-state index contributed by atoms with van der Waals surface area (Å²) in [6.07, 6.45) is 0. The van der Waals surface area contributed by atoms with Crippen molar-refractivity contribution in [2.75, 3.05) is 13.7 Å². The molecule has 0 radical (unpaired) electrons. The summed E-state index contributed by atoms with van der Waals surface area (Å²) < 4.78 is 5.22. The highest BCUT2D eigenvalue weighted by Gasteiger charge is 2.13. The summed E-state index contributed by atoms with van der Waals surface area (Å²) in [4.78, 5) is 0. The molecule has 0 saturated carbocycles. The van der Waals surface area contributed by atoms with Crippen LogP contribution >= 0.6 is 0 Å². The normalized spacial score (nSPS) is 14.7. The highest BCUT2D eigenvalue weighted by atomic mass is 16.5. The first kappa shape index (κ1) is 12.1. The number of ether oxygens (including phenoxy) is 1. The lowest BCUT2D eigenvalue weighted by atomic mass is 9.94. The third-order valence-electron chi connectivity index (χ3n) is 2.90. The maximum Gasteiger partial charge on any atom is 0.119 e. The predicted octanol–water partition coefficient (Wildman–Crippen LogP) is 2.80. The molecular formula is C13H21NO. The summed E-state index contributed by atoms with van der Waals surface area (Å²) in [7, 11) is 1.71. The molecule has 0 saturated heterocycles. The molecule has 1 aromatic rings. The second-order valence-electron chi connectivity index (χ2n) is 3.91. The average Bonchev–Trinajstić information content (AvgIpc) is 2.28. The second-order valence-corrected chi connectivity index (χ2v) is 3.91. The number of methoxy groups -OCH3 is 1. The molecule has 0 fully saturated rings. The Morgan fingerprint density at radius 1 is 1.33 bits per heavy atom. The standard InChI is InChI=1S/C13H21NO/c1-5-14-11(3)10(2)12-7-6-8-13(9-12)15-4/h6-11,14H,5H2,1-4H3. The van der Waals surface area contributed by atoms with Gasteiger partial charge in [-0.05, 0) is 37.1 Å². The van der Waals surface area contributed by atoms with E-state index in [1.165, 1.54) is 5.56 Å². The van der Waals surface area contributed by atoms with Crippen LogP contribution in [0.4, 0.5) is 0 Å². The van der Waals surface area contributed by atoms with E-state index in [-0.39, 0.29) is 0 Å². The molecule has 0 bridgehead atoms. The van der Waals surface area contributed by atoms with Crippen molar-refractivity contribution in [3.8, 4) is 5.75 Å². The smallest absolute Gasteiger partial charge is 0.119 e. The van der Waals surface area contributed by atoms with E-state index in [1.807, 2.05) is 12.1 Å². The Labute approximate surface area is 92.6 Å². The van der Waals surface area contributed by atoms with E-state index in [1.54, 1.807) is 7.11 Å². The quantitative estimate of drug-likeness (QED) is 0.801. The van der Waals surface area contributed by atoms with Crippen LogP contribution in [0.3, 0.4) is 0 Å². The van der Waals surface area contributed by atoms with E-state index in [4.69, 9.17) is 4.74 Å². The van der Waals surface area contributed by atoms with Gasteiger partial charge in [0, 0.05) is 6.04 Å². The van der Waals surface area contributed by atoms with E-state index in [0.717, 1.165) is 12.3 Å². The Balaban J connectivity index is 2.76. The number of hydrogen-bond donors (Lipinski definition) is 1. The molecule has 15 heavy (non-hydrogen) atoms. The van der Waals surface area contributed by atoms with Gasteiger partial charge in [0.05, 0.1) is 7.11 Å². The molecule has 2 unspecified atom stereocenters. The van der Waals surface area contributed by atoms with Crippen LogP contribution in [0, 0.1) is 0 Å². The molecule has 0 aliphatic heterocycles. The molecule has 0 spiro atoms. The first-order valence-electron chi connectivity index (χ1n) is 5.56. The zero-order valence-corrected chi connectivity index (χ0v) is 10.1. The highest BCUT2D eigenvalue weighted by Crippen LogP contribution is 2.22. The number of likely N-dealkylation sites (N-methyl/N-ethyl adjacent to an activating group) is 1. The maximum absolute atomic E-state index is 5.22. The summed E-state index contributed by atoms with van der Waals surface area (Å²) in [5, 5.41) is 3.44. The fourth-order valence-corrected chi connectivity index (χ4v) is 1.71. The van der Waals surface area contributed by atoms with Gasteiger partial charge in [-0.3, -0.25) is 0 Å². The molecule has 1 rings (SSSR count). The third-order valence-corrected chi connectivity index (χ3v) is 2.90. The minimum Gasteiger partial charge on any atom is -0.497 e. The summed E-state index contributed by atoms with van der Waals surface area (Å²) in [6.45, 7) is 7.60. The highest BCUT2D eigenvalue weighted by molar-refractivity contribution is 5.31. The van der Waals surface area contributed by atoms with E-state index in [2.05, 4.69) is 38.2 Å². The fraction of sp³-hybridized carbons (Fsp3) is 0.538. The predicted molar refractivity (Wildman–Crippen MR) is 64.5 cm³/mol. The lowest BCUT2D eigenvalue weighted by molar-refractivity contribution is 0.412. The number of rotatable bonds is 5. The molecule has 0 aliphatic carbocycles. The molecule has 1 aromatic carbocycles. The van der Waals surface area contributed by atoms with Gasteiger partial charge in [-0.15, -0.1) is 0 Å². The molecule has 1 N–H and O–H groups in total. The summed E-state index contributed by atoms with van der Waals surface area (Å²) in [6, 6.07) is 8.78. The van der Waals surface area contributed by atoms with Crippen LogP contribution in [0.1, 0.15) is 32.3 Å². The molecule has 2 nitrogen and oxygen atoms in total. The van der Waals surface area contributed by atoms with Crippen molar-refractivity contribution < 1.29 is 4.74 Å². The summed E-state index contributed by atoms with van der Waals surface area (Å²) in [5.41, 5.74) is 1.32. The molecule has 2 atom stereocenters. The monoisotopic (exact) mass is 207 g/mol. The Hall–Kier alpha value is -1.02. The van der Waals surface area contributed by atoms with Gasteiger partial charge in [-0.1, -0.05) is 26.0 Å². The fourth-order valence-electron chi connectivity index (χ4n) is 1.71. The van der Waals surface area contributed by atoms with Gasteiger partial charge >= 0.3 is 0 Å². The largest absolute Gasteiger partial charge is 0.497 e. The van der Waals surface area contributed by atoms with Crippen molar-refractivity contribution in [3.63, 3.8) is 0 Å². The van der Waals surface area contributed by atoms with E-state index in [9.17, 15) is 0 Å². The van der Waals surface area contributed by atoms with Crippen LogP contribution < -0.4 is 10.1 Å². The summed E-state index contributed by atoms with van der Waals surface area (Å²) >= 11 is 0. The molecule has 0 aliphatic rings. The van der Waals surface area contributed by atoms with Gasteiger partial charge < -0.3 is 10.1 Å². The van der Waals surface area contributed by atoms with Crippen LogP contribution in [0.5, 0.6) is 5.75 Å². The lowest BCUT2D eigenvalue weighted by Gasteiger charge is -2.21. The number of benzene rings is 1. The Morgan fingerprint density at radius 2 is 2.07 bits per heavy atom. The van der Waals surface area contributed by atoms with E-state index >= 15 is 0 Å². The van der Waals surface area contributed by atoms with E-state index < -0.39 is 0 Å². The first-order chi connectivity index (χ1) is 7.19. The Kier molecular flexibility index (Phi) is 4.63. The summed E-state index contributed by atoms with van der Waals surface area (Å²) in [5.74, 6) is 1.43. The van der Waals surface area contributed by atoms with Gasteiger partial charge in [0.15, 0.2) is 0 Å². The maximum atomic E-state index is 5.22. The van der Waals surface area contributed by atoms with Gasteiger partial charge in [0.25, 0.3) is 0 Å². The van der Waals surface area contributed by atoms with Crippen LogP contribution in [0.15, 0.2) is 24.3 Å². The molecule has 84 valence electrons. The average molecular weight is 207 g/mol. The second kappa shape index (κ2) is 5.76. The Morgan fingerprint density at radius 3 is 2.67 bits per heavy atom. The molecule has 0 heterocycles. The van der Waals surface area contributed by atoms with Crippen LogP contribution in [-0.4, -0.2) is 19.7 Å². The lowest BCUT2D eigenvalue weighted by Crippen LogP contribution is -2.30. The van der Waals surface area contributed by atoms with Crippen LogP contribution in [0.2, 0.25) is 0 Å². The molecule has 0 aromatic heterocycles. The molecular weight excluding hydrogens is 186 g/mol.